The van der Waals surface area contributed by atoms with Crippen LogP contribution in [0.25, 0.3) is 0 Å². The number of phenolic OH excluding ortho intramolecular Hbond substituents is 1. The van der Waals surface area contributed by atoms with Crippen LogP contribution in [-0.4, -0.2) is 15.1 Å². The summed E-state index contributed by atoms with van der Waals surface area (Å²) in [5, 5.41) is 12.3. The van der Waals surface area contributed by atoms with Gasteiger partial charge in [0.05, 0.1) is 0 Å². The molecular formula is C12H13N3O. The molecule has 0 bridgehead atoms. The number of aromatic hydroxyl groups is 1. The fraction of sp³-hybridized carbons (Fsp3) is 0.167. The van der Waals surface area contributed by atoms with E-state index in [0.29, 0.717) is 6.54 Å². The van der Waals surface area contributed by atoms with Crippen LogP contribution in [0.3, 0.4) is 0 Å². The zero-order valence-electron chi connectivity index (χ0n) is 9.01. The van der Waals surface area contributed by atoms with E-state index < -0.39 is 0 Å². The summed E-state index contributed by atoms with van der Waals surface area (Å²) in [6.07, 6.45) is 1.54. The molecule has 2 rings (SSSR count). The Kier molecular flexibility index (Phi) is 3.00. The third-order valence-electron chi connectivity index (χ3n) is 2.21. The number of aryl methyl sites for hydroxylation is 1. The van der Waals surface area contributed by atoms with Gasteiger partial charge in [0.1, 0.15) is 17.9 Å². The Hall–Kier alpha value is -2.10. The summed E-state index contributed by atoms with van der Waals surface area (Å²) in [4.78, 5) is 8.12. The van der Waals surface area contributed by atoms with Crippen molar-refractivity contribution in [2.75, 3.05) is 5.32 Å². The topological polar surface area (TPSA) is 58.0 Å². The van der Waals surface area contributed by atoms with Gasteiger partial charge in [-0.2, -0.15) is 0 Å². The van der Waals surface area contributed by atoms with E-state index in [1.165, 1.54) is 6.33 Å². The number of rotatable bonds is 3. The molecule has 0 saturated heterocycles. The molecule has 0 unspecified atom stereocenters. The normalized spacial score (nSPS) is 10.1. The standard InChI is InChI=1S/C12H13N3O/c1-9-6-12(15-8-14-9)13-7-10-2-4-11(16)5-3-10/h2-6,8,16H,7H2,1H3,(H,13,14,15). The van der Waals surface area contributed by atoms with Gasteiger partial charge in [0.2, 0.25) is 0 Å². The first-order chi connectivity index (χ1) is 7.74. The van der Waals surface area contributed by atoms with Gasteiger partial charge in [0.25, 0.3) is 0 Å². The van der Waals surface area contributed by atoms with Gasteiger partial charge < -0.3 is 10.4 Å². The molecule has 2 N–H and O–H groups in total. The number of phenols is 1. The Morgan fingerprint density at radius 3 is 2.62 bits per heavy atom. The number of anilines is 1. The first-order valence-corrected chi connectivity index (χ1v) is 5.04. The van der Waals surface area contributed by atoms with Crippen molar-refractivity contribution in [1.29, 1.82) is 0 Å². The molecule has 0 amide bonds. The zero-order chi connectivity index (χ0) is 11.4. The third-order valence-corrected chi connectivity index (χ3v) is 2.21. The number of nitrogens with one attached hydrogen (secondary N) is 1. The Morgan fingerprint density at radius 1 is 1.19 bits per heavy atom. The van der Waals surface area contributed by atoms with Crippen molar-refractivity contribution in [3.63, 3.8) is 0 Å². The molecule has 0 aliphatic carbocycles. The monoisotopic (exact) mass is 215 g/mol. The average Bonchev–Trinajstić information content (AvgIpc) is 2.28. The molecule has 82 valence electrons. The lowest BCUT2D eigenvalue weighted by Gasteiger charge is -2.05. The molecule has 0 saturated carbocycles. The Balaban J connectivity index is 1.99. The van der Waals surface area contributed by atoms with Gasteiger partial charge >= 0.3 is 0 Å². The van der Waals surface area contributed by atoms with Crippen LogP contribution in [0, 0.1) is 6.92 Å². The highest BCUT2D eigenvalue weighted by Gasteiger charge is 1.96. The zero-order valence-corrected chi connectivity index (χ0v) is 9.01. The van der Waals surface area contributed by atoms with Crippen molar-refractivity contribution in [3.8, 4) is 5.75 Å². The van der Waals surface area contributed by atoms with Crippen LogP contribution >= 0.6 is 0 Å². The van der Waals surface area contributed by atoms with E-state index >= 15 is 0 Å². The van der Waals surface area contributed by atoms with Crippen LogP contribution in [0.15, 0.2) is 36.7 Å². The van der Waals surface area contributed by atoms with Crippen molar-refractivity contribution in [3.05, 3.63) is 47.9 Å². The molecule has 0 aliphatic heterocycles. The number of hydrogen-bond donors (Lipinski definition) is 2. The molecule has 0 radical (unpaired) electrons. The molecule has 4 heteroatoms. The summed E-state index contributed by atoms with van der Waals surface area (Å²) < 4.78 is 0. The fourth-order valence-corrected chi connectivity index (χ4v) is 1.36. The van der Waals surface area contributed by atoms with Crippen molar-refractivity contribution < 1.29 is 5.11 Å². The van der Waals surface area contributed by atoms with E-state index in [1.54, 1.807) is 12.1 Å². The van der Waals surface area contributed by atoms with Crippen molar-refractivity contribution in [2.45, 2.75) is 13.5 Å². The van der Waals surface area contributed by atoms with Gasteiger partial charge in [-0.1, -0.05) is 12.1 Å². The second kappa shape index (κ2) is 4.61. The number of aromatic nitrogens is 2. The lowest BCUT2D eigenvalue weighted by molar-refractivity contribution is 0.475. The van der Waals surface area contributed by atoms with Crippen LogP contribution in [-0.2, 0) is 6.54 Å². The first-order valence-electron chi connectivity index (χ1n) is 5.04. The van der Waals surface area contributed by atoms with Gasteiger partial charge in [-0.25, -0.2) is 9.97 Å². The molecular weight excluding hydrogens is 202 g/mol. The highest BCUT2D eigenvalue weighted by Crippen LogP contribution is 2.11. The van der Waals surface area contributed by atoms with Gasteiger partial charge in [-0.05, 0) is 24.6 Å². The van der Waals surface area contributed by atoms with Gasteiger partial charge in [-0.3, -0.25) is 0 Å². The molecule has 16 heavy (non-hydrogen) atoms. The molecule has 1 heterocycles. The van der Waals surface area contributed by atoms with Gasteiger partial charge in [0, 0.05) is 18.3 Å². The van der Waals surface area contributed by atoms with Crippen molar-refractivity contribution in [1.82, 2.24) is 9.97 Å². The highest BCUT2D eigenvalue weighted by atomic mass is 16.3. The predicted octanol–water partition coefficient (Wildman–Crippen LogP) is 2.10. The second-order valence-corrected chi connectivity index (χ2v) is 3.56. The number of hydrogen-bond acceptors (Lipinski definition) is 4. The lowest BCUT2D eigenvalue weighted by Crippen LogP contribution is -2.01. The highest BCUT2D eigenvalue weighted by molar-refractivity contribution is 5.36. The Bertz CT molecular complexity index is 468. The Labute approximate surface area is 94.0 Å². The van der Waals surface area contributed by atoms with Gasteiger partial charge in [0.15, 0.2) is 0 Å². The van der Waals surface area contributed by atoms with E-state index in [2.05, 4.69) is 15.3 Å². The minimum Gasteiger partial charge on any atom is -0.508 e. The quantitative estimate of drug-likeness (QED) is 0.823. The van der Waals surface area contributed by atoms with Gasteiger partial charge in [-0.15, -0.1) is 0 Å². The maximum absolute atomic E-state index is 9.14. The summed E-state index contributed by atoms with van der Waals surface area (Å²) in [5.41, 5.74) is 2.03. The smallest absolute Gasteiger partial charge is 0.129 e. The first kappa shape index (κ1) is 10.4. The van der Waals surface area contributed by atoms with Crippen LogP contribution < -0.4 is 5.32 Å². The Morgan fingerprint density at radius 2 is 1.94 bits per heavy atom. The molecule has 4 nitrogen and oxygen atoms in total. The minimum absolute atomic E-state index is 0.279. The molecule has 1 aromatic carbocycles. The summed E-state index contributed by atoms with van der Waals surface area (Å²) in [6.45, 7) is 2.60. The molecule has 0 spiro atoms. The molecule has 0 aliphatic rings. The van der Waals surface area contributed by atoms with Crippen LogP contribution in [0.4, 0.5) is 5.82 Å². The van der Waals surface area contributed by atoms with Crippen molar-refractivity contribution >= 4 is 5.82 Å². The second-order valence-electron chi connectivity index (χ2n) is 3.56. The fourth-order valence-electron chi connectivity index (χ4n) is 1.36. The third kappa shape index (κ3) is 2.70. The molecule has 2 aromatic rings. The van der Waals surface area contributed by atoms with Crippen LogP contribution in [0.2, 0.25) is 0 Å². The SMILES string of the molecule is Cc1cc(NCc2ccc(O)cc2)ncn1. The van der Waals surface area contributed by atoms with Crippen LogP contribution in [0.5, 0.6) is 5.75 Å². The van der Waals surface area contributed by atoms with E-state index in [4.69, 9.17) is 5.11 Å². The molecule has 0 fully saturated rings. The molecule has 0 atom stereocenters. The van der Waals surface area contributed by atoms with E-state index in [0.717, 1.165) is 17.1 Å². The van der Waals surface area contributed by atoms with E-state index in [1.807, 2.05) is 25.1 Å². The summed E-state index contributed by atoms with van der Waals surface area (Å²) in [6, 6.07) is 8.97. The number of benzene rings is 1. The lowest BCUT2D eigenvalue weighted by atomic mass is 10.2. The summed E-state index contributed by atoms with van der Waals surface area (Å²) in [7, 11) is 0. The maximum atomic E-state index is 9.14. The van der Waals surface area contributed by atoms with Crippen LogP contribution in [0.1, 0.15) is 11.3 Å². The largest absolute Gasteiger partial charge is 0.508 e. The summed E-state index contributed by atoms with van der Waals surface area (Å²) in [5.74, 6) is 1.09. The predicted molar refractivity (Wildman–Crippen MR) is 62.2 cm³/mol. The average molecular weight is 215 g/mol. The minimum atomic E-state index is 0.279. The maximum Gasteiger partial charge on any atom is 0.129 e. The molecule has 1 aromatic heterocycles. The number of nitrogens with zero attached hydrogens (tertiary/aromatic N) is 2. The van der Waals surface area contributed by atoms with E-state index in [9.17, 15) is 0 Å². The summed E-state index contributed by atoms with van der Waals surface area (Å²) >= 11 is 0. The van der Waals surface area contributed by atoms with Crippen molar-refractivity contribution in [2.24, 2.45) is 0 Å². The van der Waals surface area contributed by atoms with E-state index in [-0.39, 0.29) is 5.75 Å².